The highest BCUT2D eigenvalue weighted by Gasteiger charge is 2.74. The van der Waals surface area contributed by atoms with Crippen LogP contribution in [0, 0.1) is 17.8 Å². The minimum Gasteiger partial charge on any atom is -0.494 e. The van der Waals surface area contributed by atoms with Crippen molar-refractivity contribution >= 4 is 35.2 Å². The summed E-state index contributed by atoms with van der Waals surface area (Å²) in [5.41, 5.74) is 0.709. The number of benzene rings is 1. The van der Waals surface area contributed by atoms with Crippen LogP contribution in [-0.4, -0.2) is 125 Å². The lowest BCUT2D eigenvalue weighted by molar-refractivity contribution is -0.146. The van der Waals surface area contributed by atoms with E-state index in [1.165, 1.54) is 0 Å². The van der Waals surface area contributed by atoms with Gasteiger partial charge in [0.2, 0.25) is 17.7 Å². The van der Waals surface area contributed by atoms with E-state index in [9.17, 15) is 19.5 Å². The number of thioether (sulfide) groups is 1. The molecule has 1 aromatic carbocycles. The Hall–Kier alpha value is -2.86. The Kier molecular flexibility index (Phi) is 11.2. The topological polar surface area (TPSA) is 103 Å². The zero-order valence-electron chi connectivity index (χ0n) is 27.5. The lowest BCUT2D eigenvalue weighted by Gasteiger charge is -2.41. The highest BCUT2D eigenvalue weighted by Crippen LogP contribution is 2.67. The Balaban J connectivity index is 1.49. The number of likely N-dealkylation sites (tertiary alicyclic amines) is 1. The summed E-state index contributed by atoms with van der Waals surface area (Å²) in [6.07, 6.45) is 4.84. The Bertz CT molecular complexity index is 1270. The summed E-state index contributed by atoms with van der Waals surface area (Å²) in [7, 11) is 0. The monoisotopic (exact) mass is 654 g/mol. The number of fused-ring (bicyclic) bond motifs is 1. The molecule has 11 heteroatoms. The minimum absolute atomic E-state index is 0.0817. The minimum atomic E-state index is -0.777. The van der Waals surface area contributed by atoms with Crippen molar-refractivity contribution in [3.63, 3.8) is 0 Å². The summed E-state index contributed by atoms with van der Waals surface area (Å²) in [6, 6.07) is 6.09. The number of ether oxygens (including phenoxy) is 2. The molecule has 4 saturated heterocycles. The summed E-state index contributed by atoms with van der Waals surface area (Å²) in [5, 5.41) is 10.5. The summed E-state index contributed by atoms with van der Waals surface area (Å²) < 4.78 is 10.4. The van der Waals surface area contributed by atoms with E-state index in [-0.39, 0.29) is 35.5 Å². The first-order valence-electron chi connectivity index (χ1n) is 16.7. The van der Waals surface area contributed by atoms with Gasteiger partial charge >= 0.3 is 0 Å². The molecule has 0 aliphatic carbocycles. The van der Waals surface area contributed by atoms with Crippen molar-refractivity contribution in [3.05, 3.63) is 49.6 Å². The van der Waals surface area contributed by atoms with E-state index in [0.29, 0.717) is 58.1 Å². The zero-order chi connectivity index (χ0) is 33.0. The lowest BCUT2D eigenvalue weighted by Crippen LogP contribution is -2.59. The number of carbonyl (C=O) groups is 3. The molecule has 4 fully saturated rings. The third-order valence-electron chi connectivity index (χ3n) is 10.1. The molecule has 4 heterocycles. The van der Waals surface area contributed by atoms with E-state index in [1.54, 1.807) is 33.7 Å². The molecule has 1 N–H and O–H groups in total. The van der Waals surface area contributed by atoms with Gasteiger partial charge in [0.15, 0.2) is 0 Å². The predicted molar refractivity (Wildman–Crippen MR) is 181 cm³/mol. The lowest BCUT2D eigenvalue weighted by atomic mass is 9.70. The highest BCUT2D eigenvalue weighted by atomic mass is 32.2. The molecule has 6 atom stereocenters. The molecule has 2 unspecified atom stereocenters. The molecule has 46 heavy (non-hydrogen) atoms. The van der Waals surface area contributed by atoms with Crippen LogP contribution in [0.15, 0.2) is 49.6 Å². The Morgan fingerprint density at radius 2 is 1.85 bits per heavy atom. The van der Waals surface area contributed by atoms with Crippen LogP contribution < -0.4 is 9.64 Å². The molecule has 252 valence electrons. The van der Waals surface area contributed by atoms with Gasteiger partial charge in [0.1, 0.15) is 11.8 Å². The van der Waals surface area contributed by atoms with Gasteiger partial charge in [-0.25, -0.2) is 0 Å². The predicted octanol–water partition coefficient (Wildman–Crippen LogP) is 3.06. The van der Waals surface area contributed by atoms with Crippen LogP contribution in [0.5, 0.6) is 5.75 Å². The van der Waals surface area contributed by atoms with Gasteiger partial charge in [0.25, 0.3) is 0 Å². The summed E-state index contributed by atoms with van der Waals surface area (Å²) in [6.45, 7) is 18.8. The molecule has 4 aliphatic heterocycles. The van der Waals surface area contributed by atoms with E-state index in [0.717, 1.165) is 25.3 Å². The van der Waals surface area contributed by atoms with Gasteiger partial charge in [0.05, 0.1) is 49.1 Å². The number of aliphatic hydroxyl groups excluding tert-OH is 1. The Labute approximate surface area is 277 Å². The molecule has 10 nitrogen and oxygen atoms in total. The first-order chi connectivity index (χ1) is 22.2. The number of anilines is 1. The molecule has 1 aromatic rings. The van der Waals surface area contributed by atoms with Crippen molar-refractivity contribution in [1.29, 1.82) is 0 Å². The van der Waals surface area contributed by atoms with Crippen molar-refractivity contribution in [2.24, 2.45) is 17.8 Å². The zero-order valence-corrected chi connectivity index (χ0v) is 28.3. The quantitative estimate of drug-likeness (QED) is 0.288. The molecular weight excluding hydrogens is 604 g/mol. The van der Waals surface area contributed by atoms with Crippen LogP contribution in [0.4, 0.5) is 5.69 Å². The van der Waals surface area contributed by atoms with Crippen LogP contribution in [0.2, 0.25) is 0 Å². The second-order valence-corrected chi connectivity index (χ2v) is 14.6. The maximum absolute atomic E-state index is 14.8. The highest BCUT2D eigenvalue weighted by molar-refractivity contribution is 8.02. The fourth-order valence-electron chi connectivity index (χ4n) is 7.86. The number of nitrogens with zero attached hydrogens (tertiary/aromatic N) is 4. The second-order valence-electron chi connectivity index (χ2n) is 13.0. The number of amides is 3. The van der Waals surface area contributed by atoms with Gasteiger partial charge in [-0.2, -0.15) is 0 Å². The van der Waals surface area contributed by atoms with Crippen molar-refractivity contribution in [2.45, 2.75) is 55.7 Å². The SMILES string of the molecule is C=CCN(CCN1CCOCC1)C(=O)C1N([C@@H](CO)C(C)C)C(=O)[C@@H]2[C@H](C(=O)N(CC=C)c3ccc(OCC)cc3)[C@@H]3CCC12S3. The van der Waals surface area contributed by atoms with Crippen LogP contribution in [-0.2, 0) is 19.1 Å². The third-order valence-corrected chi connectivity index (χ3v) is 12.0. The molecule has 5 rings (SSSR count). The smallest absolute Gasteiger partial charge is 0.247 e. The van der Waals surface area contributed by atoms with Crippen LogP contribution in [0.3, 0.4) is 0 Å². The van der Waals surface area contributed by atoms with Gasteiger partial charge < -0.3 is 29.3 Å². The third kappa shape index (κ3) is 6.35. The normalized spacial score (nSPS) is 27.8. The van der Waals surface area contributed by atoms with Crippen LogP contribution in [0.1, 0.15) is 33.6 Å². The molecule has 4 aliphatic rings. The van der Waals surface area contributed by atoms with E-state index in [2.05, 4.69) is 18.1 Å². The number of hydrogen-bond acceptors (Lipinski definition) is 8. The number of rotatable bonds is 15. The van der Waals surface area contributed by atoms with Gasteiger partial charge in [-0.1, -0.05) is 26.0 Å². The van der Waals surface area contributed by atoms with Gasteiger partial charge in [-0.05, 0) is 49.9 Å². The van der Waals surface area contributed by atoms with E-state index in [1.807, 2.05) is 49.9 Å². The van der Waals surface area contributed by atoms with E-state index >= 15 is 0 Å². The molecule has 0 aromatic heterocycles. The van der Waals surface area contributed by atoms with E-state index < -0.39 is 28.7 Å². The van der Waals surface area contributed by atoms with Crippen molar-refractivity contribution in [1.82, 2.24) is 14.7 Å². The van der Waals surface area contributed by atoms with Gasteiger partial charge in [-0.3, -0.25) is 19.3 Å². The molecule has 2 bridgehead atoms. The number of hydrogen-bond donors (Lipinski definition) is 1. The number of carbonyl (C=O) groups excluding carboxylic acids is 3. The van der Waals surface area contributed by atoms with E-state index in [4.69, 9.17) is 9.47 Å². The Morgan fingerprint density at radius 3 is 2.46 bits per heavy atom. The first-order valence-corrected chi connectivity index (χ1v) is 17.6. The average Bonchev–Trinajstić information content (AvgIpc) is 3.70. The fraction of sp³-hybridized carbons (Fsp3) is 0.629. The first kappa shape index (κ1) is 34.5. The van der Waals surface area contributed by atoms with Crippen molar-refractivity contribution in [3.8, 4) is 5.75 Å². The summed E-state index contributed by atoms with van der Waals surface area (Å²) in [5.74, 6) is -1.07. The van der Waals surface area contributed by atoms with Crippen LogP contribution in [0.25, 0.3) is 0 Å². The van der Waals surface area contributed by atoms with Crippen molar-refractivity contribution < 1.29 is 29.0 Å². The molecule has 3 amide bonds. The van der Waals surface area contributed by atoms with Gasteiger partial charge in [-0.15, -0.1) is 24.9 Å². The molecule has 1 spiro atoms. The largest absolute Gasteiger partial charge is 0.494 e. The Morgan fingerprint density at radius 1 is 1.15 bits per heavy atom. The van der Waals surface area contributed by atoms with Crippen molar-refractivity contribution in [2.75, 3.05) is 70.6 Å². The molecule has 0 saturated carbocycles. The number of aliphatic hydroxyl groups is 1. The molecule has 0 radical (unpaired) electrons. The standard InChI is InChI=1S/C35H50N4O6S/c1-6-15-37(18-17-36-19-21-44-22-20-36)34(43)31-35-14-13-28(46-35)29(30(35)33(42)39(31)27(23-40)24(4)5)32(41)38(16-7-2)25-9-11-26(12-10-25)45-8-3/h6-7,9-12,24,27-31,40H,1-2,8,13-23H2,3-5H3/t27-,28-,29+,30-,31?,35?/m0/s1. The maximum Gasteiger partial charge on any atom is 0.247 e. The summed E-state index contributed by atoms with van der Waals surface area (Å²) >= 11 is 1.65. The van der Waals surface area contributed by atoms with Crippen LogP contribution >= 0.6 is 11.8 Å². The second kappa shape index (κ2) is 14.9. The van der Waals surface area contributed by atoms with Gasteiger partial charge in [0, 0.05) is 50.2 Å². The average molecular weight is 655 g/mol. The fourth-order valence-corrected chi connectivity index (χ4v) is 10.0. The maximum atomic E-state index is 14.8. The summed E-state index contributed by atoms with van der Waals surface area (Å²) in [4.78, 5) is 51.5. The molecular formula is C35H50N4O6S. The number of morpholine rings is 1.